The van der Waals surface area contributed by atoms with Crippen LogP contribution in [0.1, 0.15) is 35.6 Å². The minimum Gasteiger partial charge on any atom is -0.357 e. The third kappa shape index (κ3) is 4.11. The largest absolute Gasteiger partial charge is 0.357 e. The summed E-state index contributed by atoms with van der Waals surface area (Å²) in [6, 6.07) is 4.45. The van der Waals surface area contributed by atoms with Crippen molar-refractivity contribution in [2.24, 2.45) is 0 Å². The van der Waals surface area contributed by atoms with Gasteiger partial charge in [-0.25, -0.2) is 23.7 Å². The number of rotatable bonds is 5. The maximum Gasteiger partial charge on any atom is 0.225 e. The van der Waals surface area contributed by atoms with Gasteiger partial charge < -0.3 is 14.8 Å². The normalized spacial score (nSPS) is 16.6. The Kier molecular flexibility index (Phi) is 5.39. The van der Waals surface area contributed by atoms with Gasteiger partial charge in [0.05, 0.1) is 18.1 Å². The first-order valence-corrected chi connectivity index (χ1v) is 11.7. The molecule has 0 atom stereocenters. The number of benzene rings is 1. The molecular weight excluding hydrogens is 452 g/mol. The zero-order valence-electron chi connectivity index (χ0n) is 19.2. The highest BCUT2D eigenvalue weighted by molar-refractivity contribution is 5.56. The van der Waals surface area contributed by atoms with Gasteiger partial charge in [-0.2, -0.15) is 15.4 Å². The predicted molar refractivity (Wildman–Crippen MR) is 126 cm³/mol. The molecule has 4 heterocycles. The van der Waals surface area contributed by atoms with Crippen LogP contribution in [0.5, 0.6) is 0 Å². The van der Waals surface area contributed by atoms with Gasteiger partial charge in [0.25, 0.3) is 0 Å². The number of imidazole rings is 1. The molecule has 0 bridgehead atoms. The number of halogens is 2. The Bertz CT molecular complexity index is 1300. The van der Waals surface area contributed by atoms with E-state index in [2.05, 4.69) is 35.3 Å². The van der Waals surface area contributed by atoms with Crippen LogP contribution in [0.2, 0.25) is 0 Å². The standard InChI is InChI=1S/C24H25F2N9/c1-34(17-8-15-10-18(25)19(26)11-16(15)9-17)24-27-5-2-20(30-24)23-28-13-22(31-23)35-6-3-14(4-7-35)21-12-29-33-32-21/h2,5,10-14,17H,3-4,6-9H2,1H3,(H,28,31)(H,29,32,33). The summed E-state index contributed by atoms with van der Waals surface area (Å²) in [4.78, 5) is 21.4. The van der Waals surface area contributed by atoms with E-state index in [-0.39, 0.29) is 6.04 Å². The molecule has 3 aromatic heterocycles. The number of anilines is 2. The smallest absolute Gasteiger partial charge is 0.225 e. The van der Waals surface area contributed by atoms with Crippen LogP contribution in [-0.4, -0.2) is 61.5 Å². The fourth-order valence-electron chi connectivity index (χ4n) is 5.10. The molecule has 4 aromatic rings. The third-order valence-electron chi connectivity index (χ3n) is 7.15. The highest BCUT2D eigenvalue weighted by Crippen LogP contribution is 2.31. The van der Waals surface area contributed by atoms with Crippen molar-refractivity contribution >= 4 is 11.8 Å². The zero-order valence-corrected chi connectivity index (χ0v) is 19.2. The summed E-state index contributed by atoms with van der Waals surface area (Å²) in [5.74, 6) is 0.995. The van der Waals surface area contributed by atoms with Gasteiger partial charge in [0.1, 0.15) is 11.5 Å². The Morgan fingerprint density at radius 2 is 1.77 bits per heavy atom. The fraction of sp³-hybridized carbons (Fsp3) is 0.375. The number of hydrogen-bond acceptors (Lipinski definition) is 7. The Hall–Kier alpha value is -3.89. The number of likely N-dealkylation sites (N-methyl/N-ethyl adjacent to an activating group) is 1. The lowest BCUT2D eigenvalue weighted by Gasteiger charge is -2.31. The molecule has 6 rings (SSSR count). The van der Waals surface area contributed by atoms with Crippen molar-refractivity contribution in [2.45, 2.75) is 37.6 Å². The summed E-state index contributed by atoms with van der Waals surface area (Å²) in [7, 11) is 1.91. The van der Waals surface area contributed by atoms with Crippen LogP contribution < -0.4 is 9.80 Å². The summed E-state index contributed by atoms with van der Waals surface area (Å²) in [6.45, 7) is 1.81. The highest BCUT2D eigenvalue weighted by atomic mass is 19.2. The Morgan fingerprint density at radius 1 is 1.03 bits per heavy atom. The van der Waals surface area contributed by atoms with Crippen molar-refractivity contribution in [2.75, 3.05) is 29.9 Å². The molecule has 1 saturated heterocycles. The lowest BCUT2D eigenvalue weighted by atomic mass is 9.94. The second kappa shape index (κ2) is 8.71. The SMILES string of the molecule is CN(c1nccc(-c2ncc(N3CCC(c4cn[nH]n4)CC3)[nH]2)n1)C1Cc2cc(F)c(F)cc2C1. The van der Waals surface area contributed by atoms with Crippen molar-refractivity contribution in [3.8, 4) is 11.5 Å². The maximum atomic E-state index is 13.7. The first-order chi connectivity index (χ1) is 17.0. The van der Waals surface area contributed by atoms with Crippen LogP contribution in [0.25, 0.3) is 11.5 Å². The average molecular weight is 478 g/mol. The van der Waals surface area contributed by atoms with E-state index in [9.17, 15) is 8.78 Å². The summed E-state index contributed by atoms with van der Waals surface area (Å²) < 4.78 is 27.3. The van der Waals surface area contributed by atoms with E-state index in [1.165, 1.54) is 12.1 Å². The molecule has 1 aliphatic carbocycles. The molecule has 180 valence electrons. The molecule has 0 unspecified atom stereocenters. The van der Waals surface area contributed by atoms with Crippen molar-refractivity contribution in [3.05, 3.63) is 65.2 Å². The van der Waals surface area contributed by atoms with E-state index in [0.29, 0.717) is 36.2 Å². The summed E-state index contributed by atoms with van der Waals surface area (Å²) in [6.07, 6.45) is 8.59. The highest BCUT2D eigenvalue weighted by Gasteiger charge is 2.28. The summed E-state index contributed by atoms with van der Waals surface area (Å²) in [5.41, 5.74) is 3.38. The van der Waals surface area contributed by atoms with E-state index in [4.69, 9.17) is 4.98 Å². The van der Waals surface area contributed by atoms with Crippen molar-refractivity contribution in [3.63, 3.8) is 0 Å². The first kappa shape index (κ1) is 21.6. The Labute approximate surface area is 200 Å². The van der Waals surface area contributed by atoms with E-state index in [0.717, 1.165) is 48.6 Å². The van der Waals surface area contributed by atoms with Crippen LogP contribution >= 0.6 is 0 Å². The fourth-order valence-corrected chi connectivity index (χ4v) is 5.10. The molecule has 11 heteroatoms. The van der Waals surface area contributed by atoms with Crippen LogP contribution in [0.3, 0.4) is 0 Å². The van der Waals surface area contributed by atoms with E-state index in [1.807, 2.05) is 24.2 Å². The lowest BCUT2D eigenvalue weighted by molar-refractivity contribution is 0.493. The van der Waals surface area contributed by atoms with Gasteiger partial charge in [0, 0.05) is 38.3 Å². The number of aromatic amines is 2. The van der Waals surface area contributed by atoms with Gasteiger partial charge in [-0.05, 0) is 55.0 Å². The zero-order chi connectivity index (χ0) is 23.9. The average Bonchev–Trinajstić information content (AvgIpc) is 3.65. The molecule has 2 N–H and O–H groups in total. The van der Waals surface area contributed by atoms with Gasteiger partial charge in [0.15, 0.2) is 17.5 Å². The molecule has 1 fully saturated rings. The van der Waals surface area contributed by atoms with Crippen molar-refractivity contribution in [1.29, 1.82) is 0 Å². The van der Waals surface area contributed by atoms with Gasteiger partial charge in [-0.15, -0.1) is 0 Å². The topological polar surface area (TPSA) is 103 Å². The molecule has 2 aliphatic rings. The van der Waals surface area contributed by atoms with Gasteiger partial charge in [-0.1, -0.05) is 0 Å². The van der Waals surface area contributed by atoms with E-state index < -0.39 is 11.6 Å². The van der Waals surface area contributed by atoms with Crippen LogP contribution in [-0.2, 0) is 12.8 Å². The van der Waals surface area contributed by atoms with Gasteiger partial charge in [0.2, 0.25) is 5.95 Å². The predicted octanol–water partition coefficient (Wildman–Crippen LogP) is 3.25. The number of nitrogens with zero attached hydrogens (tertiary/aromatic N) is 7. The number of fused-ring (bicyclic) bond motifs is 1. The van der Waals surface area contributed by atoms with Crippen molar-refractivity contribution in [1.82, 2.24) is 35.3 Å². The van der Waals surface area contributed by atoms with E-state index >= 15 is 0 Å². The number of H-pyrrole nitrogens is 2. The molecule has 35 heavy (non-hydrogen) atoms. The number of hydrogen-bond donors (Lipinski definition) is 2. The summed E-state index contributed by atoms with van der Waals surface area (Å²) in [5, 5.41) is 10.8. The number of aromatic nitrogens is 7. The third-order valence-corrected chi connectivity index (χ3v) is 7.15. The minimum atomic E-state index is -0.804. The minimum absolute atomic E-state index is 0.0274. The molecule has 9 nitrogen and oxygen atoms in total. The quantitative estimate of drug-likeness (QED) is 0.455. The number of piperidine rings is 1. The molecule has 1 aromatic carbocycles. The maximum absolute atomic E-state index is 13.7. The Balaban J connectivity index is 1.14. The van der Waals surface area contributed by atoms with Crippen LogP contribution in [0, 0.1) is 11.6 Å². The summed E-state index contributed by atoms with van der Waals surface area (Å²) >= 11 is 0. The molecular formula is C24H25F2N9. The molecule has 0 radical (unpaired) electrons. The van der Waals surface area contributed by atoms with Crippen LogP contribution in [0.15, 0.2) is 36.8 Å². The van der Waals surface area contributed by atoms with Crippen LogP contribution in [0.4, 0.5) is 20.5 Å². The lowest BCUT2D eigenvalue weighted by Crippen LogP contribution is -2.33. The second-order valence-electron chi connectivity index (χ2n) is 9.22. The molecule has 1 aliphatic heterocycles. The molecule has 0 saturated carbocycles. The molecule has 0 amide bonds. The number of nitrogens with one attached hydrogen (secondary N) is 2. The Morgan fingerprint density at radius 3 is 2.46 bits per heavy atom. The van der Waals surface area contributed by atoms with Crippen molar-refractivity contribution < 1.29 is 8.78 Å². The van der Waals surface area contributed by atoms with E-state index in [1.54, 1.807) is 12.4 Å². The van der Waals surface area contributed by atoms with Gasteiger partial charge >= 0.3 is 0 Å². The second-order valence-corrected chi connectivity index (χ2v) is 9.22. The molecule has 0 spiro atoms. The monoisotopic (exact) mass is 477 g/mol. The first-order valence-electron chi connectivity index (χ1n) is 11.7. The van der Waals surface area contributed by atoms with Gasteiger partial charge in [-0.3, -0.25) is 0 Å².